The number of methoxy groups -OCH3 is 1. The number of aliphatic hydroxyl groups excluding tert-OH is 1. The summed E-state index contributed by atoms with van der Waals surface area (Å²) in [7, 11) is 1.60. The number of nitrogens with zero attached hydrogens (tertiary/aromatic N) is 2. The summed E-state index contributed by atoms with van der Waals surface area (Å²) >= 11 is 0. The fraction of sp³-hybridized carbons (Fsp3) is 0.348. The minimum absolute atomic E-state index is 0.199. The van der Waals surface area contributed by atoms with Crippen LogP contribution in [0, 0.1) is 0 Å². The molecule has 0 spiro atoms. The van der Waals surface area contributed by atoms with Crippen LogP contribution in [0.3, 0.4) is 0 Å². The Morgan fingerprint density at radius 2 is 2.03 bits per heavy atom. The first-order chi connectivity index (χ1) is 15.0. The van der Waals surface area contributed by atoms with E-state index >= 15 is 0 Å². The van der Waals surface area contributed by atoms with Crippen molar-refractivity contribution in [1.29, 1.82) is 0 Å². The second kappa shape index (κ2) is 9.28. The van der Waals surface area contributed by atoms with Crippen molar-refractivity contribution in [2.45, 2.75) is 46.6 Å². The highest BCUT2D eigenvalue weighted by Crippen LogP contribution is 2.37. The molecule has 31 heavy (non-hydrogen) atoms. The van der Waals surface area contributed by atoms with Gasteiger partial charge in [-0.3, -0.25) is 9.59 Å². The van der Waals surface area contributed by atoms with E-state index in [-0.39, 0.29) is 30.7 Å². The number of fused-ring (bicyclic) bond motifs is 4. The number of benzene rings is 1. The lowest BCUT2D eigenvalue weighted by Gasteiger charge is -2.14. The number of carbonyl (C=O) groups is 1. The molecule has 3 heterocycles. The number of pyridine rings is 2. The molecule has 0 radical (unpaired) electrons. The number of aliphatic hydroxyl groups is 1. The molecule has 1 unspecified atom stereocenters. The molecule has 3 N–H and O–H groups in total. The van der Waals surface area contributed by atoms with Gasteiger partial charge in [0, 0.05) is 17.5 Å². The maximum absolute atomic E-state index is 13.1. The summed E-state index contributed by atoms with van der Waals surface area (Å²) < 4.78 is 11.7. The summed E-state index contributed by atoms with van der Waals surface area (Å²) in [4.78, 5) is 28.5. The van der Waals surface area contributed by atoms with E-state index < -0.39 is 6.10 Å². The second-order valence-corrected chi connectivity index (χ2v) is 6.94. The summed E-state index contributed by atoms with van der Waals surface area (Å²) in [5, 5.41) is 11.1. The van der Waals surface area contributed by atoms with Gasteiger partial charge < -0.3 is 24.9 Å². The van der Waals surface area contributed by atoms with Gasteiger partial charge in [0.1, 0.15) is 12.4 Å². The summed E-state index contributed by atoms with van der Waals surface area (Å²) in [6.45, 7) is 6.24. The Kier molecular flexibility index (Phi) is 6.72. The highest BCUT2D eigenvalue weighted by atomic mass is 16.5. The Morgan fingerprint density at radius 3 is 2.65 bits per heavy atom. The average molecular weight is 425 g/mol. The molecule has 1 aromatic carbocycles. The smallest absolute Gasteiger partial charge is 0.293 e. The number of carbonyl (C=O) groups excluding carboxylic acids is 1. The van der Waals surface area contributed by atoms with Gasteiger partial charge in [0.15, 0.2) is 0 Å². The predicted molar refractivity (Wildman–Crippen MR) is 118 cm³/mol. The lowest BCUT2D eigenvalue weighted by Crippen LogP contribution is -2.26. The molecule has 8 heteroatoms. The van der Waals surface area contributed by atoms with Gasteiger partial charge in [0.2, 0.25) is 0 Å². The normalized spacial score (nSPS) is 12.5. The van der Waals surface area contributed by atoms with Gasteiger partial charge in [-0.2, -0.15) is 0 Å². The summed E-state index contributed by atoms with van der Waals surface area (Å²) in [6.07, 6.45) is -0.901. The van der Waals surface area contributed by atoms with Crippen LogP contribution in [0.2, 0.25) is 0 Å². The lowest BCUT2D eigenvalue weighted by atomic mass is 9.99. The maximum Gasteiger partial charge on any atom is 0.293 e. The lowest BCUT2D eigenvalue weighted by molar-refractivity contribution is -0.129. The molecule has 4 rings (SSSR count). The monoisotopic (exact) mass is 425 g/mol. The Labute approximate surface area is 180 Å². The van der Waals surface area contributed by atoms with Crippen molar-refractivity contribution in [1.82, 2.24) is 9.55 Å². The fourth-order valence-corrected chi connectivity index (χ4v) is 3.94. The molecular formula is C23H27N3O5. The molecule has 2 aromatic heterocycles. The molecule has 0 amide bonds. The van der Waals surface area contributed by atoms with Crippen LogP contribution in [0.1, 0.15) is 49.1 Å². The third-order valence-electron chi connectivity index (χ3n) is 5.35. The van der Waals surface area contributed by atoms with E-state index in [1.807, 2.05) is 32.0 Å². The molecule has 8 nitrogen and oxygen atoms in total. The number of rotatable bonds is 6. The zero-order chi connectivity index (χ0) is 22.7. The second-order valence-electron chi connectivity index (χ2n) is 6.94. The average Bonchev–Trinajstić information content (AvgIpc) is 3.16. The van der Waals surface area contributed by atoms with Crippen LogP contribution in [0.4, 0.5) is 0 Å². The van der Waals surface area contributed by atoms with E-state index in [0.717, 1.165) is 22.0 Å². The molecule has 0 saturated carbocycles. The molecule has 164 valence electrons. The number of aromatic nitrogens is 2. The molecule has 0 bridgehead atoms. The Balaban J connectivity index is 0.00000132. The topological polar surface area (TPSA) is 117 Å². The third-order valence-corrected chi connectivity index (χ3v) is 5.35. The van der Waals surface area contributed by atoms with Crippen molar-refractivity contribution in [2.75, 3.05) is 7.11 Å². The quantitative estimate of drug-likeness (QED) is 0.456. The van der Waals surface area contributed by atoms with Crippen molar-refractivity contribution < 1.29 is 19.4 Å². The van der Waals surface area contributed by atoms with Crippen molar-refractivity contribution in [3.8, 4) is 17.1 Å². The molecule has 0 saturated heterocycles. The minimum Gasteiger partial charge on any atom is -0.497 e. The van der Waals surface area contributed by atoms with Crippen molar-refractivity contribution >= 4 is 17.4 Å². The van der Waals surface area contributed by atoms with Crippen molar-refractivity contribution in [2.24, 2.45) is 5.73 Å². The fourth-order valence-electron chi connectivity index (χ4n) is 3.94. The van der Waals surface area contributed by atoms with E-state index in [2.05, 4.69) is 0 Å². The van der Waals surface area contributed by atoms with Crippen LogP contribution in [-0.4, -0.2) is 28.2 Å². The van der Waals surface area contributed by atoms with Crippen molar-refractivity contribution in [3.63, 3.8) is 0 Å². The van der Waals surface area contributed by atoms with Gasteiger partial charge in [-0.15, -0.1) is 0 Å². The van der Waals surface area contributed by atoms with Gasteiger partial charge in [-0.25, -0.2) is 4.98 Å². The first kappa shape index (κ1) is 22.5. The van der Waals surface area contributed by atoms with Crippen LogP contribution in [0.5, 0.6) is 5.75 Å². The van der Waals surface area contributed by atoms with Crippen LogP contribution < -0.4 is 16.0 Å². The number of ether oxygens (including phenoxy) is 2. The molecule has 0 fully saturated rings. The molecule has 1 aliphatic rings. The Bertz CT molecular complexity index is 1180. The summed E-state index contributed by atoms with van der Waals surface area (Å²) in [5.74, 6) is 0.700. The maximum atomic E-state index is 13.1. The Morgan fingerprint density at radius 1 is 1.29 bits per heavy atom. The standard InChI is InChI=1S/C21H21N3O5.C2H6/c1-11(26)13-6-19-20-16(8-24(19)21(27)17(13)9-29-10-25)15(7-22)14-5-12(28-2)3-4-18(14)23-20;1-2/h3-6,10-11,26H,7-9,22H2,1-2H3;1-2H3. The third kappa shape index (κ3) is 3.80. The van der Waals surface area contributed by atoms with Crippen LogP contribution in [0.15, 0.2) is 29.1 Å². The van der Waals surface area contributed by atoms with Gasteiger partial charge in [-0.1, -0.05) is 13.8 Å². The van der Waals surface area contributed by atoms with E-state index in [4.69, 9.17) is 20.2 Å². The molecule has 1 aliphatic heterocycles. The zero-order valence-electron chi connectivity index (χ0n) is 18.1. The first-order valence-corrected chi connectivity index (χ1v) is 10.2. The first-order valence-electron chi connectivity index (χ1n) is 10.2. The minimum atomic E-state index is -0.901. The van der Waals surface area contributed by atoms with Gasteiger partial charge in [0.25, 0.3) is 12.0 Å². The van der Waals surface area contributed by atoms with E-state index in [1.165, 1.54) is 0 Å². The Hall–Kier alpha value is -3.23. The summed E-state index contributed by atoms with van der Waals surface area (Å²) in [5.41, 5.74) is 10.2. The van der Waals surface area contributed by atoms with Crippen molar-refractivity contribution in [3.05, 3.63) is 56.9 Å². The predicted octanol–water partition coefficient (Wildman–Crippen LogP) is 2.65. The highest BCUT2D eigenvalue weighted by molar-refractivity contribution is 5.89. The number of hydrogen-bond acceptors (Lipinski definition) is 7. The number of nitrogens with two attached hydrogens (primary N) is 1. The molecule has 0 aliphatic carbocycles. The van der Waals surface area contributed by atoms with E-state index in [9.17, 15) is 14.7 Å². The SMILES string of the molecule is CC.COc1ccc2nc3c(c(CN)c2c1)Cn1c-3cc(C(C)O)c(COC=O)c1=O. The number of hydrogen-bond donors (Lipinski definition) is 2. The van der Waals surface area contributed by atoms with Crippen LogP contribution >= 0.6 is 0 Å². The van der Waals surface area contributed by atoms with Gasteiger partial charge in [0.05, 0.1) is 42.2 Å². The summed E-state index contributed by atoms with van der Waals surface area (Å²) in [6, 6.07) is 7.31. The van der Waals surface area contributed by atoms with Crippen LogP contribution in [-0.2, 0) is 29.2 Å². The zero-order valence-corrected chi connectivity index (χ0v) is 18.1. The largest absolute Gasteiger partial charge is 0.497 e. The molecular weight excluding hydrogens is 398 g/mol. The molecule has 1 atom stereocenters. The molecule has 3 aromatic rings. The van der Waals surface area contributed by atoms with Gasteiger partial charge in [-0.05, 0) is 42.3 Å². The van der Waals surface area contributed by atoms with Gasteiger partial charge >= 0.3 is 0 Å². The van der Waals surface area contributed by atoms with Crippen LogP contribution in [0.25, 0.3) is 22.3 Å². The van der Waals surface area contributed by atoms with E-state index in [1.54, 1.807) is 24.7 Å². The highest BCUT2D eigenvalue weighted by Gasteiger charge is 2.28. The van der Waals surface area contributed by atoms with E-state index in [0.29, 0.717) is 29.2 Å².